The van der Waals surface area contributed by atoms with Gasteiger partial charge in [0.1, 0.15) is 5.41 Å². The minimum Gasteiger partial charge on any atom is -0.468 e. The van der Waals surface area contributed by atoms with Gasteiger partial charge in [-0.25, -0.2) is 0 Å². The molecule has 1 atom stereocenters. The van der Waals surface area contributed by atoms with Crippen LogP contribution in [0.2, 0.25) is 0 Å². The normalized spacial score (nSPS) is 27.2. The molecule has 1 aliphatic heterocycles. The largest absolute Gasteiger partial charge is 0.468 e. The summed E-state index contributed by atoms with van der Waals surface area (Å²) in [5.41, 5.74) is 0.671. The highest BCUT2D eigenvalue weighted by Crippen LogP contribution is 2.60. The maximum atomic E-state index is 12.8. The molecule has 0 aromatic heterocycles. The second-order valence-corrected chi connectivity index (χ2v) is 8.72. The number of carbonyl (C=O) groups excluding carboxylic acids is 2. The van der Waals surface area contributed by atoms with Crippen LogP contribution in [0.1, 0.15) is 35.7 Å². The average molecular weight is 322 g/mol. The number of rotatable bonds is 1. The van der Waals surface area contributed by atoms with Crippen molar-refractivity contribution in [3.63, 3.8) is 0 Å². The highest BCUT2D eigenvalue weighted by molar-refractivity contribution is 8.18. The molecule has 3 nitrogen and oxygen atoms in total. The van der Waals surface area contributed by atoms with Crippen LogP contribution in [-0.4, -0.2) is 30.4 Å². The number of thioether (sulfide) groups is 2. The maximum absolute atomic E-state index is 12.8. The third-order valence-corrected chi connectivity index (χ3v) is 7.62. The Morgan fingerprint density at radius 2 is 1.90 bits per heavy atom. The van der Waals surface area contributed by atoms with E-state index in [-0.39, 0.29) is 9.86 Å². The number of esters is 1. The fourth-order valence-corrected chi connectivity index (χ4v) is 6.88. The molecule has 0 saturated carbocycles. The minimum absolute atomic E-state index is 0.109. The van der Waals surface area contributed by atoms with E-state index in [1.54, 1.807) is 6.92 Å². The van der Waals surface area contributed by atoms with E-state index in [2.05, 4.69) is 0 Å². The second kappa shape index (κ2) is 5.36. The summed E-state index contributed by atoms with van der Waals surface area (Å²) in [4.78, 5) is 25.1. The number of fused-ring (bicyclic) bond motifs is 2. The third-order valence-electron chi connectivity index (χ3n) is 4.26. The number of ketones is 1. The van der Waals surface area contributed by atoms with Gasteiger partial charge in [0.05, 0.1) is 11.2 Å². The highest BCUT2D eigenvalue weighted by atomic mass is 32.2. The van der Waals surface area contributed by atoms with Crippen LogP contribution in [0.3, 0.4) is 0 Å². The Bertz CT molecular complexity index is 593. The van der Waals surface area contributed by atoms with Crippen molar-refractivity contribution in [2.45, 2.75) is 23.8 Å². The summed E-state index contributed by atoms with van der Waals surface area (Å²) in [6, 6.07) is 7.72. The molecule has 0 amide bonds. The first-order chi connectivity index (χ1) is 10.0. The first-order valence-electron chi connectivity index (χ1n) is 7.04. The Hall–Kier alpha value is -0.940. The van der Waals surface area contributed by atoms with Gasteiger partial charge in [-0.1, -0.05) is 24.3 Å². The quantitative estimate of drug-likeness (QED) is 0.585. The Kier molecular flexibility index (Phi) is 3.82. The molecule has 2 aliphatic rings. The molecule has 21 heavy (non-hydrogen) atoms. The van der Waals surface area contributed by atoms with Gasteiger partial charge >= 0.3 is 5.97 Å². The number of Topliss-reactive ketones (excluding diaryl/α,β-unsaturated/α-hetero) is 1. The molecule has 0 N–H and O–H groups in total. The van der Waals surface area contributed by atoms with Gasteiger partial charge < -0.3 is 4.74 Å². The Morgan fingerprint density at radius 1 is 1.24 bits per heavy atom. The molecule has 1 aliphatic carbocycles. The molecule has 1 aromatic carbocycles. The van der Waals surface area contributed by atoms with E-state index in [4.69, 9.17) is 4.74 Å². The molecule has 1 heterocycles. The van der Waals surface area contributed by atoms with Crippen LogP contribution in [0.15, 0.2) is 24.3 Å². The number of carbonyl (C=O) groups is 2. The van der Waals surface area contributed by atoms with E-state index in [0.29, 0.717) is 12.0 Å². The number of benzene rings is 1. The van der Waals surface area contributed by atoms with Crippen LogP contribution in [0, 0.1) is 5.41 Å². The van der Waals surface area contributed by atoms with Crippen molar-refractivity contribution in [1.82, 2.24) is 0 Å². The zero-order valence-corrected chi connectivity index (χ0v) is 13.8. The number of hydrogen-bond acceptors (Lipinski definition) is 5. The molecular formula is C16H18O3S2. The van der Waals surface area contributed by atoms with Gasteiger partial charge in [-0.15, -0.1) is 23.5 Å². The summed E-state index contributed by atoms with van der Waals surface area (Å²) < 4.78 is 4.73. The molecule has 3 rings (SSSR count). The van der Waals surface area contributed by atoms with Crippen LogP contribution in [0.4, 0.5) is 0 Å². The van der Waals surface area contributed by atoms with E-state index in [9.17, 15) is 9.59 Å². The van der Waals surface area contributed by atoms with E-state index < -0.39 is 11.4 Å². The number of hydrogen-bond donors (Lipinski definition) is 0. The molecule has 1 spiro atoms. The van der Waals surface area contributed by atoms with Gasteiger partial charge in [-0.05, 0) is 36.8 Å². The summed E-state index contributed by atoms with van der Waals surface area (Å²) in [6.07, 6.45) is 1.68. The molecule has 5 heteroatoms. The monoisotopic (exact) mass is 322 g/mol. The lowest BCUT2D eigenvalue weighted by Crippen LogP contribution is -2.47. The number of ether oxygens (including phenoxy) is 1. The van der Waals surface area contributed by atoms with Crippen molar-refractivity contribution >= 4 is 35.3 Å². The molecule has 1 unspecified atom stereocenters. The standard InChI is InChI=1S/C16H18O3S2/c1-15(14(18)19-2)10-16(20-8-5-9-21-16)12-7-4-3-6-11(12)13(15)17/h3-4,6-7H,5,8-10H2,1-2H3. The predicted octanol–water partition coefficient (Wildman–Crippen LogP) is 3.48. The first-order valence-corrected chi connectivity index (χ1v) is 9.01. The summed E-state index contributed by atoms with van der Waals surface area (Å²) in [5, 5.41) is 0. The van der Waals surface area contributed by atoms with Crippen molar-refractivity contribution in [2.75, 3.05) is 18.6 Å². The SMILES string of the molecule is COC(=O)C1(C)CC2(SCCCS2)c2ccccc2C1=O. The van der Waals surface area contributed by atoms with Gasteiger partial charge in [0.25, 0.3) is 0 Å². The number of methoxy groups -OCH3 is 1. The molecule has 1 fully saturated rings. The topological polar surface area (TPSA) is 43.4 Å². The van der Waals surface area contributed by atoms with Gasteiger partial charge in [-0.3, -0.25) is 9.59 Å². The van der Waals surface area contributed by atoms with Crippen molar-refractivity contribution < 1.29 is 14.3 Å². The zero-order chi connectivity index (χ0) is 15.1. The Morgan fingerprint density at radius 3 is 2.57 bits per heavy atom. The van der Waals surface area contributed by atoms with E-state index in [1.807, 2.05) is 47.8 Å². The molecule has 1 saturated heterocycles. The van der Waals surface area contributed by atoms with Crippen molar-refractivity contribution in [3.05, 3.63) is 35.4 Å². The molecular weight excluding hydrogens is 304 g/mol. The van der Waals surface area contributed by atoms with Crippen molar-refractivity contribution in [3.8, 4) is 0 Å². The summed E-state index contributed by atoms with van der Waals surface area (Å²) in [5.74, 6) is 1.59. The lowest BCUT2D eigenvalue weighted by molar-refractivity contribution is -0.149. The second-order valence-electron chi connectivity index (χ2n) is 5.68. The molecule has 0 radical (unpaired) electrons. The maximum Gasteiger partial charge on any atom is 0.319 e. The zero-order valence-electron chi connectivity index (χ0n) is 12.2. The van der Waals surface area contributed by atoms with E-state index in [1.165, 1.54) is 13.5 Å². The minimum atomic E-state index is -1.08. The molecule has 1 aromatic rings. The van der Waals surface area contributed by atoms with Gasteiger partial charge in [0.15, 0.2) is 5.78 Å². The smallest absolute Gasteiger partial charge is 0.319 e. The van der Waals surface area contributed by atoms with Crippen LogP contribution >= 0.6 is 23.5 Å². The summed E-state index contributed by atoms with van der Waals surface area (Å²) >= 11 is 3.73. The Balaban J connectivity index is 2.16. The predicted molar refractivity (Wildman–Crippen MR) is 86.7 cm³/mol. The van der Waals surface area contributed by atoms with Crippen LogP contribution in [-0.2, 0) is 13.6 Å². The lowest BCUT2D eigenvalue weighted by Gasteiger charge is -2.46. The van der Waals surface area contributed by atoms with E-state index >= 15 is 0 Å². The van der Waals surface area contributed by atoms with Gasteiger partial charge in [0, 0.05) is 5.56 Å². The first kappa shape index (κ1) is 15.0. The van der Waals surface area contributed by atoms with Gasteiger partial charge in [-0.2, -0.15) is 0 Å². The van der Waals surface area contributed by atoms with Crippen molar-refractivity contribution in [2.24, 2.45) is 5.41 Å². The highest BCUT2D eigenvalue weighted by Gasteiger charge is 2.56. The average Bonchev–Trinajstić information content (AvgIpc) is 2.53. The van der Waals surface area contributed by atoms with E-state index in [0.717, 1.165) is 17.1 Å². The summed E-state index contributed by atoms with van der Waals surface area (Å²) in [7, 11) is 1.36. The molecule has 112 valence electrons. The van der Waals surface area contributed by atoms with Crippen LogP contribution < -0.4 is 0 Å². The van der Waals surface area contributed by atoms with Crippen LogP contribution in [0.25, 0.3) is 0 Å². The third kappa shape index (κ3) is 2.21. The summed E-state index contributed by atoms with van der Waals surface area (Å²) in [6.45, 7) is 1.73. The fraction of sp³-hybridized carbons (Fsp3) is 0.500. The fourth-order valence-electron chi connectivity index (χ4n) is 3.17. The van der Waals surface area contributed by atoms with Crippen molar-refractivity contribution in [1.29, 1.82) is 0 Å². The Labute approximate surface area is 133 Å². The van der Waals surface area contributed by atoms with Crippen LogP contribution in [0.5, 0.6) is 0 Å². The lowest BCUT2D eigenvalue weighted by atomic mass is 9.71. The van der Waals surface area contributed by atoms with Gasteiger partial charge in [0.2, 0.25) is 0 Å². The molecule has 0 bridgehead atoms.